The molecule has 0 aromatic carbocycles. The van der Waals surface area contributed by atoms with Gasteiger partial charge in [-0.1, -0.05) is 0 Å². The molecule has 1 N–H and O–H groups in total. The molecule has 1 saturated heterocycles. The number of amides is 1. The first-order chi connectivity index (χ1) is 15.6. The van der Waals surface area contributed by atoms with Crippen molar-refractivity contribution >= 4 is 34.5 Å². The molecule has 12 heteroatoms. The van der Waals surface area contributed by atoms with E-state index in [9.17, 15) is 19.6 Å². The van der Waals surface area contributed by atoms with Crippen LogP contribution in [-0.2, 0) is 36.7 Å². The molecule has 33 heavy (non-hydrogen) atoms. The van der Waals surface area contributed by atoms with Crippen molar-refractivity contribution in [3.8, 4) is 6.07 Å². The molecule has 0 saturated carbocycles. The van der Waals surface area contributed by atoms with Crippen molar-refractivity contribution in [3.05, 3.63) is 42.9 Å². The maximum absolute atomic E-state index is 13.1. The number of nitrogens with zero attached hydrogens (tertiary/aromatic N) is 6. The Morgan fingerprint density at radius 1 is 1.27 bits per heavy atom. The maximum atomic E-state index is 13.1. The Bertz CT molecular complexity index is 1430. The number of aryl methyl sites for hydroxylation is 1. The number of ether oxygens (including phenoxy) is 1. The summed E-state index contributed by atoms with van der Waals surface area (Å²) in [7, 11) is 2.82. The number of halogens is 1. The Morgan fingerprint density at radius 2 is 2.00 bits per heavy atom. The summed E-state index contributed by atoms with van der Waals surface area (Å²) in [5.41, 5.74) is 1.00. The fourth-order valence-electron chi connectivity index (χ4n) is 4.23. The molecule has 1 atom stereocenters. The van der Waals surface area contributed by atoms with Gasteiger partial charge < -0.3 is 14.6 Å². The second-order valence-electron chi connectivity index (χ2n) is 8.18. The maximum Gasteiger partial charge on any atom is 0.332 e. The highest BCUT2D eigenvalue weighted by Gasteiger charge is 2.25. The fourth-order valence-corrected chi connectivity index (χ4v) is 4.45. The average molecular weight is 474 g/mol. The Kier molecular flexibility index (Phi) is 5.90. The molecule has 1 aliphatic rings. The zero-order chi connectivity index (χ0) is 24.0. The summed E-state index contributed by atoms with van der Waals surface area (Å²) in [4.78, 5) is 42.0. The number of imidazole rings is 1. The van der Waals surface area contributed by atoms with E-state index in [1.54, 1.807) is 0 Å². The zero-order valence-corrected chi connectivity index (χ0v) is 19.6. The van der Waals surface area contributed by atoms with Gasteiger partial charge in [-0.15, -0.1) is 0 Å². The van der Waals surface area contributed by atoms with E-state index in [1.807, 2.05) is 18.4 Å². The highest BCUT2D eigenvalue weighted by molar-refractivity contribution is 6.29. The predicted octanol–water partition coefficient (Wildman–Crippen LogP) is 1.19. The van der Waals surface area contributed by atoms with Crippen molar-refractivity contribution in [2.24, 2.45) is 14.1 Å². The monoisotopic (exact) mass is 473 g/mol. The molecule has 4 rings (SSSR count). The van der Waals surface area contributed by atoms with Crippen LogP contribution in [0.1, 0.15) is 29.7 Å². The number of hydrogen-bond donors (Lipinski definition) is 1. The second kappa shape index (κ2) is 8.53. The molecule has 1 aliphatic heterocycles. The number of rotatable bonds is 5. The van der Waals surface area contributed by atoms with Gasteiger partial charge in [0.2, 0.25) is 11.2 Å². The van der Waals surface area contributed by atoms with Gasteiger partial charge >= 0.3 is 5.69 Å². The number of nitriles is 1. The SMILES string of the molecule is Cc1c(C#N)c(NC(=O)Cn2c(Cl)nc3c2c(=O)n(C)c(=O)n3C)n(C[C@H]2CCCO2)c1C. The standard InChI is InChI=1S/C21H24ClN7O4/c1-11-12(2)28(9-13-6-5-7-33-13)17(14(11)8-23)24-15(30)10-29-16-18(25-20(29)22)26(3)21(32)27(4)19(16)31/h13H,5-7,9-10H2,1-4H3,(H,24,30)/t13-/m1/s1. The lowest BCUT2D eigenvalue weighted by Gasteiger charge is -2.17. The Hall–Kier alpha value is -3.36. The molecule has 3 aromatic heterocycles. The third-order valence-electron chi connectivity index (χ3n) is 6.21. The van der Waals surface area contributed by atoms with Gasteiger partial charge in [-0.3, -0.25) is 23.3 Å². The van der Waals surface area contributed by atoms with E-state index >= 15 is 0 Å². The molecule has 0 aliphatic carbocycles. The van der Waals surface area contributed by atoms with Gasteiger partial charge in [0.1, 0.15) is 18.4 Å². The van der Waals surface area contributed by atoms with Gasteiger partial charge in [-0.25, -0.2) is 4.79 Å². The van der Waals surface area contributed by atoms with Gasteiger partial charge in [0.15, 0.2) is 11.2 Å². The fraction of sp³-hybridized carbons (Fsp3) is 0.476. The molecule has 174 valence electrons. The molecule has 1 fully saturated rings. The van der Waals surface area contributed by atoms with Crippen molar-refractivity contribution < 1.29 is 9.53 Å². The zero-order valence-electron chi connectivity index (χ0n) is 18.8. The van der Waals surface area contributed by atoms with Crippen LogP contribution in [0.2, 0.25) is 5.28 Å². The molecule has 0 spiro atoms. The van der Waals surface area contributed by atoms with Crippen molar-refractivity contribution in [2.75, 3.05) is 11.9 Å². The van der Waals surface area contributed by atoms with Crippen LogP contribution in [0.15, 0.2) is 9.59 Å². The summed E-state index contributed by atoms with van der Waals surface area (Å²) in [6.45, 7) is 4.61. The summed E-state index contributed by atoms with van der Waals surface area (Å²) in [6, 6.07) is 2.17. The van der Waals surface area contributed by atoms with E-state index in [0.29, 0.717) is 24.5 Å². The van der Waals surface area contributed by atoms with Crippen LogP contribution in [0.3, 0.4) is 0 Å². The number of anilines is 1. The summed E-state index contributed by atoms with van der Waals surface area (Å²) >= 11 is 6.23. The minimum Gasteiger partial charge on any atom is -0.376 e. The minimum atomic E-state index is -0.605. The summed E-state index contributed by atoms with van der Waals surface area (Å²) < 4.78 is 11.0. The lowest BCUT2D eigenvalue weighted by atomic mass is 10.2. The van der Waals surface area contributed by atoms with Crippen LogP contribution in [0.5, 0.6) is 0 Å². The third kappa shape index (κ3) is 3.75. The van der Waals surface area contributed by atoms with Gasteiger partial charge in [0, 0.05) is 26.4 Å². The van der Waals surface area contributed by atoms with Crippen LogP contribution in [0.4, 0.5) is 5.82 Å². The van der Waals surface area contributed by atoms with E-state index < -0.39 is 17.2 Å². The van der Waals surface area contributed by atoms with E-state index in [-0.39, 0.29) is 29.1 Å². The van der Waals surface area contributed by atoms with E-state index in [2.05, 4.69) is 16.4 Å². The Labute approximate surface area is 193 Å². The van der Waals surface area contributed by atoms with Crippen LogP contribution < -0.4 is 16.6 Å². The molecule has 3 aromatic rings. The first-order valence-corrected chi connectivity index (χ1v) is 10.9. The molecule has 4 heterocycles. The summed E-state index contributed by atoms with van der Waals surface area (Å²) in [5.74, 6) is -0.108. The quantitative estimate of drug-likeness (QED) is 0.554. The van der Waals surface area contributed by atoms with Crippen LogP contribution in [0, 0.1) is 25.2 Å². The number of carbonyl (C=O) groups excluding carboxylic acids is 1. The molecule has 0 bridgehead atoms. The lowest BCUT2D eigenvalue weighted by Crippen LogP contribution is -2.38. The minimum absolute atomic E-state index is 0.00837. The average Bonchev–Trinajstić information content (AvgIpc) is 3.46. The van der Waals surface area contributed by atoms with Crippen molar-refractivity contribution in [3.63, 3.8) is 0 Å². The van der Waals surface area contributed by atoms with Crippen LogP contribution in [-0.4, -0.2) is 41.9 Å². The van der Waals surface area contributed by atoms with E-state index in [0.717, 1.165) is 28.7 Å². The summed E-state index contributed by atoms with van der Waals surface area (Å²) in [6.07, 6.45) is 1.89. The second-order valence-corrected chi connectivity index (χ2v) is 8.52. The molecular formula is C21H24ClN7O4. The van der Waals surface area contributed by atoms with Gasteiger partial charge in [0.05, 0.1) is 18.2 Å². The summed E-state index contributed by atoms with van der Waals surface area (Å²) in [5, 5.41) is 12.4. The van der Waals surface area contributed by atoms with Crippen molar-refractivity contribution in [1.82, 2.24) is 23.3 Å². The molecular weight excluding hydrogens is 450 g/mol. The number of carbonyl (C=O) groups is 1. The smallest absolute Gasteiger partial charge is 0.332 e. The Morgan fingerprint density at radius 3 is 2.64 bits per heavy atom. The highest BCUT2D eigenvalue weighted by atomic mass is 35.5. The van der Waals surface area contributed by atoms with Crippen molar-refractivity contribution in [2.45, 2.75) is 45.9 Å². The molecule has 1 amide bonds. The first-order valence-electron chi connectivity index (χ1n) is 10.5. The van der Waals surface area contributed by atoms with Crippen LogP contribution in [0.25, 0.3) is 11.2 Å². The predicted molar refractivity (Wildman–Crippen MR) is 121 cm³/mol. The molecule has 0 radical (unpaired) electrons. The number of nitrogens with one attached hydrogen (secondary N) is 1. The van der Waals surface area contributed by atoms with E-state index in [1.165, 1.54) is 23.2 Å². The van der Waals surface area contributed by atoms with Gasteiger partial charge in [-0.05, 0) is 43.9 Å². The lowest BCUT2D eigenvalue weighted by molar-refractivity contribution is -0.116. The normalized spacial score (nSPS) is 15.8. The van der Waals surface area contributed by atoms with E-state index in [4.69, 9.17) is 16.3 Å². The largest absolute Gasteiger partial charge is 0.376 e. The third-order valence-corrected chi connectivity index (χ3v) is 6.50. The first kappa shape index (κ1) is 22.8. The number of aromatic nitrogens is 5. The Balaban J connectivity index is 1.71. The highest BCUT2D eigenvalue weighted by Crippen LogP contribution is 2.28. The van der Waals surface area contributed by atoms with Gasteiger partial charge in [0.25, 0.3) is 5.56 Å². The van der Waals surface area contributed by atoms with Gasteiger partial charge in [-0.2, -0.15) is 10.2 Å². The number of fused-ring (bicyclic) bond motifs is 1. The number of hydrogen-bond acceptors (Lipinski definition) is 6. The van der Waals surface area contributed by atoms with Crippen molar-refractivity contribution in [1.29, 1.82) is 5.26 Å². The topological polar surface area (TPSA) is 129 Å². The van der Waals surface area contributed by atoms with Crippen LogP contribution >= 0.6 is 11.6 Å². The molecule has 0 unspecified atom stereocenters. The molecule has 11 nitrogen and oxygen atoms in total.